The second kappa shape index (κ2) is 7.75. The topological polar surface area (TPSA) is 23.6 Å². The Bertz CT molecular complexity index is 615. The van der Waals surface area contributed by atoms with Crippen molar-refractivity contribution < 1.29 is 4.79 Å². The monoisotopic (exact) mass is 328 g/mol. The lowest BCUT2D eigenvalue weighted by atomic mass is 10.1. The summed E-state index contributed by atoms with van der Waals surface area (Å²) in [5.74, 6) is 0.181. The molecule has 0 atom stereocenters. The summed E-state index contributed by atoms with van der Waals surface area (Å²) in [6.45, 7) is 6.94. The molecule has 1 aliphatic heterocycles. The van der Waals surface area contributed by atoms with Crippen molar-refractivity contribution in [3.05, 3.63) is 57.8 Å². The Morgan fingerprint density at radius 2 is 1.87 bits per heavy atom. The number of nitrogens with zero attached hydrogens (tertiary/aromatic N) is 2. The van der Waals surface area contributed by atoms with Gasteiger partial charge < -0.3 is 4.90 Å². The van der Waals surface area contributed by atoms with Crippen LogP contribution in [0, 0.1) is 0 Å². The first-order chi connectivity index (χ1) is 11.3. The standard InChI is InChI=1S/C19H24N2OS/c1-2-20(15-18-6-5-13-23-18)14-16-7-9-17(10-8-16)19(22)21-11-3-4-12-21/h5-10,13H,2-4,11-12,14-15H2,1H3. The zero-order chi connectivity index (χ0) is 16.1. The van der Waals surface area contributed by atoms with Crippen LogP contribution in [-0.4, -0.2) is 35.3 Å². The maximum atomic E-state index is 12.4. The van der Waals surface area contributed by atoms with E-state index in [4.69, 9.17) is 0 Å². The van der Waals surface area contributed by atoms with Crippen molar-refractivity contribution in [3.63, 3.8) is 0 Å². The molecule has 1 fully saturated rings. The predicted molar refractivity (Wildman–Crippen MR) is 95.7 cm³/mol. The third-order valence-electron chi connectivity index (χ3n) is 4.41. The van der Waals surface area contributed by atoms with Crippen molar-refractivity contribution in [2.75, 3.05) is 19.6 Å². The van der Waals surface area contributed by atoms with Gasteiger partial charge in [0.15, 0.2) is 0 Å². The van der Waals surface area contributed by atoms with E-state index < -0.39 is 0 Å². The molecule has 23 heavy (non-hydrogen) atoms. The number of hydrogen-bond acceptors (Lipinski definition) is 3. The summed E-state index contributed by atoms with van der Waals surface area (Å²) in [4.78, 5) is 18.1. The average Bonchev–Trinajstić information content (AvgIpc) is 3.28. The number of amides is 1. The number of likely N-dealkylation sites (tertiary alicyclic amines) is 1. The number of rotatable bonds is 6. The van der Waals surface area contributed by atoms with Gasteiger partial charge in [-0.25, -0.2) is 0 Å². The second-order valence-electron chi connectivity index (χ2n) is 6.08. The van der Waals surface area contributed by atoms with E-state index in [1.807, 2.05) is 17.0 Å². The van der Waals surface area contributed by atoms with Gasteiger partial charge in [0.2, 0.25) is 0 Å². The quantitative estimate of drug-likeness (QED) is 0.800. The van der Waals surface area contributed by atoms with Crippen molar-refractivity contribution in [1.82, 2.24) is 9.80 Å². The van der Waals surface area contributed by atoms with E-state index in [1.165, 1.54) is 10.4 Å². The molecule has 2 aromatic rings. The normalized spacial score (nSPS) is 14.6. The van der Waals surface area contributed by atoms with Crippen LogP contribution in [0.25, 0.3) is 0 Å². The molecule has 1 aromatic carbocycles. The molecule has 0 N–H and O–H groups in total. The number of hydrogen-bond donors (Lipinski definition) is 0. The summed E-state index contributed by atoms with van der Waals surface area (Å²) in [7, 11) is 0. The molecule has 0 unspecified atom stereocenters. The zero-order valence-electron chi connectivity index (χ0n) is 13.7. The van der Waals surface area contributed by atoms with E-state index in [2.05, 4.69) is 41.5 Å². The molecule has 1 aromatic heterocycles. The molecule has 0 radical (unpaired) electrons. The highest BCUT2D eigenvalue weighted by Gasteiger charge is 2.19. The van der Waals surface area contributed by atoms with Gasteiger partial charge in [-0.1, -0.05) is 25.1 Å². The Labute approximate surface area is 142 Å². The molecule has 4 heteroatoms. The number of benzene rings is 1. The lowest BCUT2D eigenvalue weighted by molar-refractivity contribution is 0.0793. The predicted octanol–water partition coefficient (Wildman–Crippen LogP) is 4.01. The first kappa shape index (κ1) is 16.2. The van der Waals surface area contributed by atoms with Gasteiger partial charge in [-0.15, -0.1) is 11.3 Å². The fraction of sp³-hybridized carbons (Fsp3) is 0.421. The fourth-order valence-electron chi connectivity index (χ4n) is 3.02. The minimum Gasteiger partial charge on any atom is -0.339 e. The first-order valence-electron chi connectivity index (χ1n) is 8.39. The Morgan fingerprint density at radius 1 is 1.13 bits per heavy atom. The van der Waals surface area contributed by atoms with Crippen LogP contribution < -0.4 is 0 Å². The molecule has 1 saturated heterocycles. The van der Waals surface area contributed by atoms with Crippen molar-refractivity contribution in [2.45, 2.75) is 32.9 Å². The third kappa shape index (κ3) is 4.21. The largest absolute Gasteiger partial charge is 0.339 e. The van der Waals surface area contributed by atoms with Gasteiger partial charge in [0.05, 0.1) is 0 Å². The smallest absolute Gasteiger partial charge is 0.253 e. The molecule has 0 spiro atoms. The molecule has 0 aliphatic carbocycles. The van der Waals surface area contributed by atoms with E-state index in [0.717, 1.165) is 51.1 Å². The number of carbonyl (C=O) groups is 1. The van der Waals surface area contributed by atoms with E-state index in [9.17, 15) is 4.79 Å². The molecule has 2 heterocycles. The van der Waals surface area contributed by atoms with Crippen LogP contribution >= 0.6 is 11.3 Å². The van der Waals surface area contributed by atoms with Crippen molar-refractivity contribution in [2.24, 2.45) is 0 Å². The SMILES string of the molecule is CCN(Cc1ccc(C(=O)N2CCCC2)cc1)Cc1cccs1. The Kier molecular flexibility index (Phi) is 5.47. The fourth-order valence-corrected chi connectivity index (χ4v) is 3.76. The summed E-state index contributed by atoms with van der Waals surface area (Å²) in [6, 6.07) is 12.4. The average molecular weight is 328 g/mol. The second-order valence-corrected chi connectivity index (χ2v) is 7.11. The van der Waals surface area contributed by atoms with Crippen LogP contribution in [-0.2, 0) is 13.1 Å². The van der Waals surface area contributed by atoms with Gasteiger partial charge in [-0.05, 0) is 48.5 Å². The summed E-state index contributed by atoms with van der Waals surface area (Å²) in [6.07, 6.45) is 2.27. The minimum atomic E-state index is 0.181. The van der Waals surface area contributed by atoms with Crippen molar-refractivity contribution in [3.8, 4) is 0 Å². The summed E-state index contributed by atoms with van der Waals surface area (Å²) in [5.41, 5.74) is 2.08. The number of thiophene rings is 1. The van der Waals surface area contributed by atoms with Crippen LogP contribution in [0.15, 0.2) is 41.8 Å². The van der Waals surface area contributed by atoms with Crippen LogP contribution in [0.5, 0.6) is 0 Å². The van der Waals surface area contributed by atoms with Crippen LogP contribution in [0.3, 0.4) is 0 Å². The highest BCUT2D eigenvalue weighted by atomic mass is 32.1. The summed E-state index contributed by atoms with van der Waals surface area (Å²) < 4.78 is 0. The van der Waals surface area contributed by atoms with Gasteiger partial charge in [-0.2, -0.15) is 0 Å². The highest BCUT2D eigenvalue weighted by molar-refractivity contribution is 7.09. The van der Waals surface area contributed by atoms with Gasteiger partial charge in [0.25, 0.3) is 5.91 Å². The number of carbonyl (C=O) groups excluding carboxylic acids is 1. The van der Waals surface area contributed by atoms with Gasteiger partial charge in [0.1, 0.15) is 0 Å². The first-order valence-corrected chi connectivity index (χ1v) is 9.27. The van der Waals surface area contributed by atoms with Gasteiger partial charge in [0, 0.05) is 36.6 Å². The van der Waals surface area contributed by atoms with Crippen molar-refractivity contribution >= 4 is 17.2 Å². The lowest BCUT2D eigenvalue weighted by Gasteiger charge is -2.20. The minimum absolute atomic E-state index is 0.181. The van der Waals surface area contributed by atoms with E-state index in [1.54, 1.807) is 11.3 Å². The maximum absolute atomic E-state index is 12.4. The van der Waals surface area contributed by atoms with E-state index in [-0.39, 0.29) is 5.91 Å². The van der Waals surface area contributed by atoms with Crippen molar-refractivity contribution in [1.29, 1.82) is 0 Å². The molecule has 122 valence electrons. The summed E-state index contributed by atoms with van der Waals surface area (Å²) >= 11 is 1.81. The maximum Gasteiger partial charge on any atom is 0.253 e. The molecular formula is C19H24N2OS. The van der Waals surface area contributed by atoms with E-state index >= 15 is 0 Å². The molecule has 3 nitrogen and oxygen atoms in total. The molecule has 1 amide bonds. The molecule has 0 bridgehead atoms. The third-order valence-corrected chi connectivity index (χ3v) is 5.27. The Balaban J connectivity index is 1.60. The molecule has 3 rings (SSSR count). The van der Waals surface area contributed by atoms with Crippen LogP contribution in [0.1, 0.15) is 40.6 Å². The van der Waals surface area contributed by atoms with Crippen LogP contribution in [0.4, 0.5) is 0 Å². The Hall–Kier alpha value is -1.65. The molecular weight excluding hydrogens is 304 g/mol. The zero-order valence-corrected chi connectivity index (χ0v) is 14.5. The van der Waals surface area contributed by atoms with Gasteiger partial charge >= 0.3 is 0 Å². The van der Waals surface area contributed by atoms with Crippen LogP contribution in [0.2, 0.25) is 0 Å². The van der Waals surface area contributed by atoms with E-state index in [0.29, 0.717) is 0 Å². The summed E-state index contributed by atoms with van der Waals surface area (Å²) in [5, 5.41) is 2.13. The molecule has 0 saturated carbocycles. The lowest BCUT2D eigenvalue weighted by Crippen LogP contribution is -2.27. The Morgan fingerprint density at radius 3 is 2.48 bits per heavy atom. The van der Waals surface area contributed by atoms with Gasteiger partial charge in [-0.3, -0.25) is 9.69 Å². The molecule has 1 aliphatic rings. The highest BCUT2D eigenvalue weighted by Crippen LogP contribution is 2.16.